The summed E-state index contributed by atoms with van der Waals surface area (Å²) in [5, 5.41) is 4.17. The average molecular weight is 272 g/mol. The first-order chi connectivity index (χ1) is 9.70. The summed E-state index contributed by atoms with van der Waals surface area (Å²) in [7, 11) is 0. The van der Waals surface area contributed by atoms with Gasteiger partial charge in [0.15, 0.2) is 5.65 Å². The summed E-state index contributed by atoms with van der Waals surface area (Å²) in [6.45, 7) is 0.208. The van der Waals surface area contributed by atoms with Gasteiger partial charge in [-0.1, -0.05) is 24.3 Å². The quantitative estimate of drug-likeness (QED) is 0.777. The van der Waals surface area contributed by atoms with Crippen LogP contribution in [0.25, 0.3) is 5.65 Å². The van der Waals surface area contributed by atoms with Gasteiger partial charge in [-0.25, -0.2) is 13.9 Å². The molecular weight excluding hydrogens is 259 g/mol. The van der Waals surface area contributed by atoms with Gasteiger partial charge in [0, 0.05) is 23.9 Å². The number of hydrogen-bond acceptors (Lipinski definition) is 3. The molecule has 6 heteroatoms. The Kier molecular flexibility index (Phi) is 3.08. The molecule has 0 saturated carbocycles. The van der Waals surface area contributed by atoms with Crippen LogP contribution in [-0.4, -0.2) is 14.2 Å². The van der Waals surface area contributed by atoms with Crippen LogP contribution in [0.5, 0.6) is 0 Å². The Hall–Kier alpha value is -2.47. The van der Waals surface area contributed by atoms with Gasteiger partial charge in [0.1, 0.15) is 5.82 Å². The van der Waals surface area contributed by atoms with Crippen LogP contribution in [0.2, 0.25) is 0 Å². The first kappa shape index (κ1) is 12.6. The summed E-state index contributed by atoms with van der Waals surface area (Å²) in [6.07, 6.45) is 1.63. The van der Waals surface area contributed by atoms with E-state index in [4.69, 9.17) is 5.73 Å². The smallest absolute Gasteiger partial charge is 0.326 e. The molecule has 2 heterocycles. The number of nitrogens with two attached hydrogens (primary N) is 1. The fraction of sp³-hybridized carbons (Fsp3) is 0.143. The van der Waals surface area contributed by atoms with E-state index < -0.39 is 0 Å². The van der Waals surface area contributed by atoms with Gasteiger partial charge in [-0.2, -0.15) is 0 Å². The molecule has 5 nitrogen and oxygen atoms in total. The molecule has 0 saturated heterocycles. The van der Waals surface area contributed by atoms with Crippen LogP contribution in [0.1, 0.15) is 11.1 Å². The topological polar surface area (TPSA) is 65.3 Å². The van der Waals surface area contributed by atoms with Crippen molar-refractivity contribution in [2.45, 2.75) is 13.1 Å². The highest BCUT2D eigenvalue weighted by molar-refractivity contribution is 5.35. The molecule has 20 heavy (non-hydrogen) atoms. The minimum atomic E-state index is -0.376. The lowest BCUT2D eigenvalue weighted by atomic mass is 10.1. The molecule has 0 unspecified atom stereocenters. The van der Waals surface area contributed by atoms with Crippen molar-refractivity contribution in [1.82, 2.24) is 14.2 Å². The van der Waals surface area contributed by atoms with Gasteiger partial charge in [0.2, 0.25) is 0 Å². The summed E-state index contributed by atoms with van der Waals surface area (Å²) in [5.74, 6) is -0.376. The number of aromatic nitrogens is 3. The molecule has 102 valence electrons. The van der Waals surface area contributed by atoms with Gasteiger partial charge >= 0.3 is 5.69 Å². The van der Waals surface area contributed by atoms with E-state index >= 15 is 0 Å². The van der Waals surface area contributed by atoms with E-state index in [-0.39, 0.29) is 24.6 Å². The van der Waals surface area contributed by atoms with Crippen molar-refractivity contribution in [2.75, 3.05) is 0 Å². The Bertz CT molecular complexity index is 821. The normalized spacial score (nSPS) is 11.1. The van der Waals surface area contributed by atoms with Gasteiger partial charge in [-0.3, -0.25) is 4.40 Å². The SMILES string of the molecule is NCc1cccc(Cn2nc3ccccn3c2=O)c1F. The highest BCUT2D eigenvalue weighted by Gasteiger charge is 2.11. The van der Waals surface area contributed by atoms with Crippen LogP contribution < -0.4 is 11.4 Å². The zero-order valence-corrected chi connectivity index (χ0v) is 10.7. The average Bonchev–Trinajstić information content (AvgIpc) is 2.78. The van der Waals surface area contributed by atoms with Crippen LogP contribution >= 0.6 is 0 Å². The van der Waals surface area contributed by atoms with Crippen molar-refractivity contribution in [3.8, 4) is 0 Å². The minimum Gasteiger partial charge on any atom is -0.326 e. The van der Waals surface area contributed by atoms with E-state index in [9.17, 15) is 9.18 Å². The third-order valence-corrected chi connectivity index (χ3v) is 3.19. The number of halogens is 1. The second-order valence-corrected chi connectivity index (χ2v) is 4.46. The maximum atomic E-state index is 14.1. The standard InChI is InChI=1S/C14H13FN4O/c15-13-10(8-16)4-3-5-11(13)9-19-14(20)18-7-2-1-6-12(18)17-19/h1-7H,8-9,16H2. The molecule has 2 aromatic heterocycles. The number of rotatable bonds is 3. The maximum Gasteiger partial charge on any atom is 0.350 e. The van der Waals surface area contributed by atoms with E-state index in [1.165, 1.54) is 9.08 Å². The van der Waals surface area contributed by atoms with Crippen LogP contribution in [0, 0.1) is 5.82 Å². The second kappa shape index (κ2) is 4.90. The Morgan fingerprint density at radius 2 is 1.95 bits per heavy atom. The van der Waals surface area contributed by atoms with Crippen LogP contribution in [0.3, 0.4) is 0 Å². The summed E-state index contributed by atoms with van der Waals surface area (Å²) in [4.78, 5) is 12.1. The van der Waals surface area contributed by atoms with Crippen LogP contribution in [0.15, 0.2) is 47.4 Å². The molecular formula is C14H13FN4O. The number of benzene rings is 1. The largest absolute Gasteiger partial charge is 0.350 e. The summed E-state index contributed by atoms with van der Waals surface area (Å²) >= 11 is 0. The highest BCUT2D eigenvalue weighted by atomic mass is 19.1. The van der Waals surface area contributed by atoms with Crippen molar-refractivity contribution in [3.05, 3.63) is 70.0 Å². The van der Waals surface area contributed by atoms with E-state index in [0.29, 0.717) is 16.8 Å². The van der Waals surface area contributed by atoms with E-state index in [0.717, 1.165) is 0 Å². The molecule has 3 rings (SSSR count). The number of pyridine rings is 1. The first-order valence-corrected chi connectivity index (χ1v) is 6.21. The Balaban J connectivity index is 2.06. The first-order valence-electron chi connectivity index (χ1n) is 6.21. The second-order valence-electron chi connectivity index (χ2n) is 4.46. The maximum absolute atomic E-state index is 14.1. The lowest BCUT2D eigenvalue weighted by Crippen LogP contribution is -2.22. The van der Waals surface area contributed by atoms with Gasteiger partial charge in [0.25, 0.3) is 0 Å². The number of nitrogens with zero attached hydrogens (tertiary/aromatic N) is 3. The van der Waals surface area contributed by atoms with E-state index in [2.05, 4.69) is 5.10 Å². The Morgan fingerprint density at radius 3 is 2.70 bits per heavy atom. The monoisotopic (exact) mass is 272 g/mol. The summed E-state index contributed by atoms with van der Waals surface area (Å²) < 4.78 is 16.8. The molecule has 0 radical (unpaired) electrons. The molecule has 0 bridgehead atoms. The molecule has 0 spiro atoms. The predicted octanol–water partition coefficient (Wildman–Crippen LogP) is 1.14. The zero-order valence-electron chi connectivity index (χ0n) is 10.7. The third kappa shape index (κ3) is 2.00. The molecule has 3 aromatic rings. The van der Waals surface area contributed by atoms with Crippen molar-refractivity contribution >= 4 is 5.65 Å². The third-order valence-electron chi connectivity index (χ3n) is 3.19. The van der Waals surface area contributed by atoms with Gasteiger partial charge < -0.3 is 5.73 Å². The number of hydrogen-bond donors (Lipinski definition) is 1. The fourth-order valence-corrected chi connectivity index (χ4v) is 2.15. The lowest BCUT2D eigenvalue weighted by molar-refractivity contribution is 0.566. The van der Waals surface area contributed by atoms with E-state index in [1.54, 1.807) is 42.6 Å². The Labute approximate surface area is 114 Å². The highest BCUT2D eigenvalue weighted by Crippen LogP contribution is 2.13. The van der Waals surface area contributed by atoms with Crippen molar-refractivity contribution in [2.24, 2.45) is 5.73 Å². The fourth-order valence-electron chi connectivity index (χ4n) is 2.15. The molecule has 0 amide bonds. The number of fused-ring (bicyclic) bond motifs is 1. The van der Waals surface area contributed by atoms with Crippen molar-refractivity contribution in [1.29, 1.82) is 0 Å². The minimum absolute atomic E-state index is 0.0835. The molecule has 0 aliphatic rings. The van der Waals surface area contributed by atoms with E-state index in [1.807, 2.05) is 0 Å². The van der Waals surface area contributed by atoms with Crippen LogP contribution in [-0.2, 0) is 13.1 Å². The predicted molar refractivity (Wildman–Crippen MR) is 72.8 cm³/mol. The zero-order chi connectivity index (χ0) is 14.1. The van der Waals surface area contributed by atoms with Gasteiger partial charge in [-0.05, 0) is 12.1 Å². The van der Waals surface area contributed by atoms with Crippen LogP contribution in [0.4, 0.5) is 4.39 Å². The van der Waals surface area contributed by atoms with Gasteiger partial charge in [-0.15, -0.1) is 5.10 Å². The molecule has 0 aliphatic carbocycles. The van der Waals surface area contributed by atoms with Crippen molar-refractivity contribution in [3.63, 3.8) is 0 Å². The molecule has 0 aliphatic heterocycles. The molecule has 1 aromatic carbocycles. The Morgan fingerprint density at radius 1 is 1.15 bits per heavy atom. The van der Waals surface area contributed by atoms with Gasteiger partial charge in [0.05, 0.1) is 6.54 Å². The molecule has 0 fully saturated rings. The summed E-state index contributed by atoms with van der Waals surface area (Å²) in [5.41, 5.74) is 6.55. The molecule has 2 N–H and O–H groups in total. The van der Waals surface area contributed by atoms with Crippen molar-refractivity contribution < 1.29 is 4.39 Å². The lowest BCUT2D eigenvalue weighted by Gasteiger charge is -2.06. The molecule has 0 atom stereocenters. The summed E-state index contributed by atoms with van der Waals surface area (Å²) in [6, 6.07) is 10.3.